The quantitative estimate of drug-likeness (QED) is 0.929. The second kappa shape index (κ2) is 6.48. The van der Waals surface area contributed by atoms with Crippen LogP contribution in [-0.2, 0) is 11.2 Å². The van der Waals surface area contributed by atoms with Crippen LogP contribution in [0.3, 0.4) is 0 Å². The molecule has 1 fully saturated rings. The van der Waals surface area contributed by atoms with E-state index in [9.17, 15) is 4.79 Å². The van der Waals surface area contributed by atoms with Crippen molar-refractivity contribution in [3.63, 3.8) is 0 Å². The molecule has 1 saturated heterocycles. The Morgan fingerprint density at radius 1 is 1.38 bits per heavy atom. The molecule has 0 aliphatic carbocycles. The first-order valence-electron chi connectivity index (χ1n) is 7.94. The Balaban J connectivity index is 1.72. The molecule has 2 aliphatic heterocycles. The predicted molar refractivity (Wildman–Crippen MR) is 83.8 cm³/mol. The van der Waals surface area contributed by atoms with Gasteiger partial charge in [0.2, 0.25) is 0 Å². The van der Waals surface area contributed by atoms with Crippen LogP contribution in [0.15, 0.2) is 18.2 Å². The summed E-state index contributed by atoms with van der Waals surface area (Å²) < 4.78 is 5.39. The van der Waals surface area contributed by atoms with Crippen LogP contribution in [0, 0.1) is 5.92 Å². The number of fused-ring (bicyclic) bond motifs is 1. The lowest BCUT2D eigenvalue weighted by atomic mass is 9.96. The number of amides is 1. The van der Waals surface area contributed by atoms with E-state index < -0.39 is 0 Å². The third-order valence-corrected chi connectivity index (χ3v) is 4.55. The van der Waals surface area contributed by atoms with Gasteiger partial charge in [-0.2, -0.15) is 0 Å². The maximum Gasteiger partial charge on any atom is 0.253 e. The molecule has 4 nitrogen and oxygen atoms in total. The fourth-order valence-electron chi connectivity index (χ4n) is 3.32. The highest BCUT2D eigenvalue weighted by atomic mass is 16.5. The van der Waals surface area contributed by atoms with Crippen molar-refractivity contribution in [3.05, 3.63) is 29.3 Å². The second-order valence-corrected chi connectivity index (χ2v) is 6.10. The number of carbonyl (C=O) groups is 1. The molecule has 0 spiro atoms. The second-order valence-electron chi connectivity index (χ2n) is 6.10. The molecule has 0 unspecified atom stereocenters. The van der Waals surface area contributed by atoms with Gasteiger partial charge < -0.3 is 15.0 Å². The zero-order valence-electron chi connectivity index (χ0n) is 12.7. The first-order chi connectivity index (χ1) is 10.3. The Labute approximate surface area is 126 Å². The summed E-state index contributed by atoms with van der Waals surface area (Å²) in [7, 11) is 1.92. The van der Waals surface area contributed by atoms with E-state index in [4.69, 9.17) is 4.74 Å². The smallest absolute Gasteiger partial charge is 0.253 e. The third-order valence-electron chi connectivity index (χ3n) is 4.55. The first-order valence-corrected chi connectivity index (χ1v) is 7.94. The van der Waals surface area contributed by atoms with E-state index in [1.807, 2.05) is 24.1 Å². The Kier molecular flexibility index (Phi) is 4.44. The molecule has 21 heavy (non-hydrogen) atoms. The summed E-state index contributed by atoms with van der Waals surface area (Å²) in [6.45, 7) is 3.50. The van der Waals surface area contributed by atoms with Crippen molar-refractivity contribution in [2.75, 3.05) is 38.7 Å². The molecule has 1 aromatic rings. The molecule has 0 saturated carbocycles. The minimum absolute atomic E-state index is 0.155. The van der Waals surface area contributed by atoms with Gasteiger partial charge in [-0.3, -0.25) is 4.79 Å². The average molecular weight is 288 g/mol. The van der Waals surface area contributed by atoms with Gasteiger partial charge in [0.1, 0.15) is 0 Å². The third kappa shape index (κ3) is 3.21. The van der Waals surface area contributed by atoms with Crippen molar-refractivity contribution in [1.82, 2.24) is 4.90 Å². The maximum absolute atomic E-state index is 12.8. The predicted octanol–water partition coefficient (Wildman–Crippen LogP) is 2.54. The van der Waals surface area contributed by atoms with E-state index in [2.05, 4.69) is 11.4 Å². The number of ether oxygens (including phenoxy) is 1. The number of nitrogens with one attached hydrogen (secondary N) is 1. The largest absolute Gasteiger partial charge is 0.385 e. The molecule has 2 aliphatic rings. The monoisotopic (exact) mass is 288 g/mol. The molecule has 1 aromatic carbocycles. The standard InChI is InChI=1S/C17H24N2O2/c1-19(12-13-7-10-21-11-8-13)17(20)15-4-2-6-16-14(15)5-3-9-18-16/h2,4,6,13,18H,3,5,7-12H2,1H3. The van der Waals surface area contributed by atoms with Gasteiger partial charge >= 0.3 is 0 Å². The Hall–Kier alpha value is -1.55. The van der Waals surface area contributed by atoms with Crippen molar-refractivity contribution in [1.29, 1.82) is 0 Å². The number of benzene rings is 1. The zero-order valence-corrected chi connectivity index (χ0v) is 12.7. The van der Waals surface area contributed by atoms with Gasteiger partial charge in [0.05, 0.1) is 0 Å². The zero-order chi connectivity index (χ0) is 14.7. The van der Waals surface area contributed by atoms with E-state index in [-0.39, 0.29) is 5.91 Å². The van der Waals surface area contributed by atoms with Gasteiger partial charge in [-0.05, 0) is 49.3 Å². The van der Waals surface area contributed by atoms with Crippen molar-refractivity contribution in [3.8, 4) is 0 Å². The summed E-state index contributed by atoms with van der Waals surface area (Å²) in [6.07, 6.45) is 4.22. The molecule has 0 bridgehead atoms. The van der Waals surface area contributed by atoms with Gasteiger partial charge in [-0.15, -0.1) is 0 Å². The van der Waals surface area contributed by atoms with Gasteiger partial charge in [0, 0.05) is 44.6 Å². The van der Waals surface area contributed by atoms with Crippen LogP contribution in [0.5, 0.6) is 0 Å². The Morgan fingerprint density at radius 3 is 3.00 bits per heavy atom. The van der Waals surface area contributed by atoms with Crippen LogP contribution in [0.4, 0.5) is 5.69 Å². The lowest BCUT2D eigenvalue weighted by Crippen LogP contribution is -2.35. The van der Waals surface area contributed by atoms with Crippen LogP contribution in [0.1, 0.15) is 35.2 Å². The molecule has 1 N–H and O–H groups in total. The molecular weight excluding hydrogens is 264 g/mol. The van der Waals surface area contributed by atoms with Crippen LogP contribution >= 0.6 is 0 Å². The molecule has 4 heteroatoms. The fraction of sp³-hybridized carbons (Fsp3) is 0.588. The van der Waals surface area contributed by atoms with Crippen LogP contribution in [0.25, 0.3) is 0 Å². The number of nitrogens with zero attached hydrogens (tertiary/aromatic N) is 1. The highest BCUT2D eigenvalue weighted by Crippen LogP contribution is 2.26. The first kappa shape index (κ1) is 14.4. The minimum Gasteiger partial charge on any atom is -0.385 e. The molecule has 114 valence electrons. The molecule has 0 radical (unpaired) electrons. The van der Waals surface area contributed by atoms with Crippen molar-refractivity contribution in [2.24, 2.45) is 5.92 Å². The topological polar surface area (TPSA) is 41.6 Å². The number of anilines is 1. The molecule has 1 amide bonds. The maximum atomic E-state index is 12.8. The highest BCUT2D eigenvalue weighted by molar-refractivity contribution is 5.97. The Bertz CT molecular complexity index is 510. The van der Waals surface area contributed by atoms with E-state index in [0.29, 0.717) is 5.92 Å². The Morgan fingerprint density at radius 2 is 2.19 bits per heavy atom. The molecule has 0 atom stereocenters. The van der Waals surface area contributed by atoms with Crippen molar-refractivity contribution >= 4 is 11.6 Å². The van der Waals surface area contributed by atoms with E-state index in [0.717, 1.165) is 63.2 Å². The lowest BCUT2D eigenvalue weighted by Gasteiger charge is -2.28. The van der Waals surface area contributed by atoms with E-state index >= 15 is 0 Å². The lowest BCUT2D eigenvalue weighted by molar-refractivity contribution is 0.0497. The van der Waals surface area contributed by atoms with Gasteiger partial charge in [-0.25, -0.2) is 0 Å². The van der Waals surface area contributed by atoms with Gasteiger partial charge in [0.15, 0.2) is 0 Å². The summed E-state index contributed by atoms with van der Waals surface area (Å²) in [5.41, 5.74) is 3.19. The number of hydrogen-bond donors (Lipinski definition) is 1. The van der Waals surface area contributed by atoms with E-state index in [1.165, 1.54) is 5.56 Å². The molecule has 0 aromatic heterocycles. The van der Waals surface area contributed by atoms with Crippen molar-refractivity contribution < 1.29 is 9.53 Å². The highest BCUT2D eigenvalue weighted by Gasteiger charge is 2.23. The van der Waals surface area contributed by atoms with Gasteiger partial charge in [0.25, 0.3) is 5.91 Å². The van der Waals surface area contributed by atoms with Gasteiger partial charge in [-0.1, -0.05) is 6.07 Å². The van der Waals surface area contributed by atoms with E-state index in [1.54, 1.807) is 0 Å². The fourth-order valence-corrected chi connectivity index (χ4v) is 3.32. The molecular formula is C17H24N2O2. The number of hydrogen-bond acceptors (Lipinski definition) is 3. The summed E-state index contributed by atoms with van der Waals surface area (Å²) in [4.78, 5) is 14.6. The minimum atomic E-state index is 0.155. The number of rotatable bonds is 3. The average Bonchev–Trinajstić information content (AvgIpc) is 2.54. The summed E-state index contributed by atoms with van der Waals surface area (Å²) in [5.74, 6) is 0.729. The summed E-state index contributed by atoms with van der Waals surface area (Å²) >= 11 is 0. The summed E-state index contributed by atoms with van der Waals surface area (Å²) in [5, 5.41) is 3.39. The number of carbonyl (C=O) groups excluding carboxylic acids is 1. The van der Waals surface area contributed by atoms with Crippen LogP contribution < -0.4 is 5.32 Å². The van der Waals surface area contributed by atoms with Crippen LogP contribution in [-0.4, -0.2) is 44.2 Å². The summed E-state index contributed by atoms with van der Waals surface area (Å²) in [6, 6.07) is 6.02. The molecule has 2 heterocycles. The van der Waals surface area contributed by atoms with Crippen LogP contribution in [0.2, 0.25) is 0 Å². The van der Waals surface area contributed by atoms with Crippen molar-refractivity contribution in [2.45, 2.75) is 25.7 Å². The normalized spacial score (nSPS) is 18.7. The SMILES string of the molecule is CN(CC1CCOCC1)C(=O)c1cccc2c1CCCN2. The molecule has 3 rings (SSSR count).